The van der Waals surface area contributed by atoms with Gasteiger partial charge in [0.25, 0.3) is 0 Å². The molecule has 0 saturated carbocycles. The minimum Gasteiger partial charge on any atom is -0.390 e. The lowest BCUT2D eigenvalue weighted by atomic mass is 10.3. The third kappa shape index (κ3) is 1.65. The van der Waals surface area contributed by atoms with Crippen LogP contribution in [-0.4, -0.2) is 14.7 Å². The summed E-state index contributed by atoms with van der Waals surface area (Å²) in [5, 5.41) is 8.80. The second kappa shape index (κ2) is 3.59. The van der Waals surface area contributed by atoms with Crippen molar-refractivity contribution in [3.05, 3.63) is 48.3 Å². The lowest BCUT2D eigenvalue weighted by Gasteiger charge is -2.00. The average molecular weight is 192 g/mol. The van der Waals surface area contributed by atoms with Gasteiger partial charge in [-0.15, -0.1) is 0 Å². The van der Waals surface area contributed by atoms with Crippen LogP contribution in [0.1, 0.15) is 5.69 Å². The predicted octanol–water partition coefficient (Wildman–Crippen LogP) is 1.50. The van der Waals surface area contributed by atoms with Crippen LogP contribution in [0.3, 0.4) is 0 Å². The minimum absolute atomic E-state index is 0.109. The maximum atomic E-state index is 12.9. The molecule has 2 aromatic rings. The number of aromatic nitrogens is 2. The van der Waals surface area contributed by atoms with Crippen LogP contribution in [0.4, 0.5) is 4.39 Å². The van der Waals surface area contributed by atoms with Gasteiger partial charge in [-0.3, -0.25) is 0 Å². The molecule has 0 bridgehead atoms. The predicted molar refractivity (Wildman–Crippen MR) is 49.4 cm³/mol. The van der Waals surface area contributed by atoms with Crippen LogP contribution in [0.5, 0.6) is 0 Å². The Balaban J connectivity index is 2.39. The van der Waals surface area contributed by atoms with Crippen molar-refractivity contribution in [1.82, 2.24) is 9.55 Å². The van der Waals surface area contributed by atoms with Gasteiger partial charge in [-0.2, -0.15) is 0 Å². The smallest absolute Gasteiger partial charge is 0.125 e. The molecule has 1 aromatic heterocycles. The Labute approximate surface area is 80.5 Å². The highest BCUT2D eigenvalue weighted by atomic mass is 19.1. The molecule has 3 nitrogen and oxygen atoms in total. The molecule has 0 fully saturated rings. The standard InChI is InChI=1S/C10H9FN2O/c11-8-2-1-3-10(4-8)13-5-9(6-14)12-7-13/h1-5,7,14H,6H2. The molecular weight excluding hydrogens is 183 g/mol. The van der Waals surface area contributed by atoms with Crippen molar-refractivity contribution >= 4 is 0 Å². The van der Waals surface area contributed by atoms with E-state index in [1.165, 1.54) is 12.1 Å². The molecule has 0 aliphatic rings. The summed E-state index contributed by atoms with van der Waals surface area (Å²) in [6, 6.07) is 6.19. The number of aliphatic hydroxyl groups excluding tert-OH is 1. The SMILES string of the molecule is OCc1cn(-c2cccc(F)c2)cn1. The number of hydrogen-bond donors (Lipinski definition) is 1. The van der Waals surface area contributed by atoms with Gasteiger partial charge < -0.3 is 9.67 Å². The zero-order valence-corrected chi connectivity index (χ0v) is 7.39. The number of benzene rings is 1. The number of halogens is 1. The van der Waals surface area contributed by atoms with E-state index >= 15 is 0 Å². The first-order valence-corrected chi connectivity index (χ1v) is 4.19. The molecule has 1 aromatic carbocycles. The van der Waals surface area contributed by atoms with Gasteiger partial charge in [-0.25, -0.2) is 9.37 Å². The van der Waals surface area contributed by atoms with Crippen molar-refractivity contribution in [2.45, 2.75) is 6.61 Å². The Morgan fingerprint density at radius 1 is 1.43 bits per heavy atom. The second-order valence-electron chi connectivity index (χ2n) is 2.91. The first-order chi connectivity index (χ1) is 6.79. The topological polar surface area (TPSA) is 38.0 Å². The largest absolute Gasteiger partial charge is 0.390 e. The van der Waals surface area contributed by atoms with Crippen LogP contribution in [0.25, 0.3) is 5.69 Å². The molecule has 14 heavy (non-hydrogen) atoms. The number of imidazole rings is 1. The van der Waals surface area contributed by atoms with E-state index < -0.39 is 0 Å². The lowest BCUT2D eigenvalue weighted by Crippen LogP contribution is -1.90. The number of nitrogens with zero attached hydrogens (tertiary/aromatic N) is 2. The number of aliphatic hydroxyl groups is 1. The normalized spacial score (nSPS) is 10.4. The summed E-state index contributed by atoms with van der Waals surface area (Å²) in [5.74, 6) is -0.290. The van der Waals surface area contributed by atoms with Crippen LogP contribution < -0.4 is 0 Å². The molecule has 0 atom stereocenters. The van der Waals surface area contributed by atoms with Crippen molar-refractivity contribution in [3.63, 3.8) is 0 Å². The van der Waals surface area contributed by atoms with Gasteiger partial charge in [0.15, 0.2) is 0 Å². The van der Waals surface area contributed by atoms with E-state index in [9.17, 15) is 4.39 Å². The quantitative estimate of drug-likeness (QED) is 0.783. The van der Waals surface area contributed by atoms with Gasteiger partial charge in [0.05, 0.1) is 18.6 Å². The highest BCUT2D eigenvalue weighted by molar-refractivity contribution is 5.32. The van der Waals surface area contributed by atoms with Crippen molar-refractivity contribution in [1.29, 1.82) is 0 Å². The van der Waals surface area contributed by atoms with Crippen LogP contribution in [0.15, 0.2) is 36.8 Å². The first-order valence-electron chi connectivity index (χ1n) is 4.19. The second-order valence-corrected chi connectivity index (χ2v) is 2.91. The average Bonchev–Trinajstić information content (AvgIpc) is 2.66. The molecule has 0 aliphatic carbocycles. The van der Waals surface area contributed by atoms with E-state index in [0.29, 0.717) is 11.4 Å². The van der Waals surface area contributed by atoms with E-state index in [1.54, 1.807) is 29.2 Å². The fourth-order valence-electron chi connectivity index (χ4n) is 1.22. The molecule has 0 spiro atoms. The molecule has 1 heterocycles. The summed E-state index contributed by atoms with van der Waals surface area (Å²) < 4.78 is 14.5. The summed E-state index contributed by atoms with van der Waals surface area (Å²) in [7, 11) is 0. The summed E-state index contributed by atoms with van der Waals surface area (Å²) in [6.45, 7) is -0.109. The van der Waals surface area contributed by atoms with Gasteiger partial charge in [-0.05, 0) is 18.2 Å². The zero-order valence-electron chi connectivity index (χ0n) is 7.39. The Morgan fingerprint density at radius 2 is 2.29 bits per heavy atom. The maximum Gasteiger partial charge on any atom is 0.125 e. The fourth-order valence-corrected chi connectivity index (χ4v) is 1.22. The van der Waals surface area contributed by atoms with Crippen LogP contribution in [-0.2, 0) is 6.61 Å². The molecule has 4 heteroatoms. The Bertz CT molecular complexity index is 439. The van der Waals surface area contributed by atoms with E-state index in [2.05, 4.69) is 4.98 Å². The molecule has 0 radical (unpaired) electrons. The molecular formula is C10H9FN2O. The molecule has 1 N–H and O–H groups in total. The highest BCUT2D eigenvalue weighted by Gasteiger charge is 2.00. The Hall–Kier alpha value is -1.68. The van der Waals surface area contributed by atoms with Gasteiger partial charge in [0.2, 0.25) is 0 Å². The summed E-state index contributed by atoms with van der Waals surface area (Å²) in [5.41, 5.74) is 1.26. The molecule has 72 valence electrons. The number of hydrogen-bond acceptors (Lipinski definition) is 2. The van der Waals surface area contributed by atoms with Gasteiger partial charge in [0, 0.05) is 11.9 Å². The first kappa shape index (κ1) is 8.90. The third-order valence-corrected chi connectivity index (χ3v) is 1.90. The molecule has 0 unspecified atom stereocenters. The monoisotopic (exact) mass is 192 g/mol. The Morgan fingerprint density at radius 3 is 2.93 bits per heavy atom. The van der Waals surface area contributed by atoms with Crippen molar-refractivity contribution in [2.75, 3.05) is 0 Å². The van der Waals surface area contributed by atoms with E-state index in [1.807, 2.05) is 0 Å². The summed E-state index contributed by atoms with van der Waals surface area (Å²) in [6.07, 6.45) is 3.20. The van der Waals surface area contributed by atoms with E-state index in [4.69, 9.17) is 5.11 Å². The summed E-state index contributed by atoms with van der Waals surface area (Å²) in [4.78, 5) is 3.93. The highest BCUT2D eigenvalue weighted by Crippen LogP contribution is 2.10. The Kier molecular flexibility index (Phi) is 2.28. The van der Waals surface area contributed by atoms with Crippen LogP contribution in [0.2, 0.25) is 0 Å². The molecule has 0 saturated heterocycles. The lowest BCUT2D eigenvalue weighted by molar-refractivity contribution is 0.277. The summed E-state index contributed by atoms with van der Waals surface area (Å²) >= 11 is 0. The maximum absolute atomic E-state index is 12.9. The van der Waals surface area contributed by atoms with Crippen LogP contribution in [0, 0.1) is 5.82 Å². The molecule has 0 amide bonds. The van der Waals surface area contributed by atoms with E-state index in [-0.39, 0.29) is 12.4 Å². The van der Waals surface area contributed by atoms with Crippen molar-refractivity contribution in [2.24, 2.45) is 0 Å². The van der Waals surface area contributed by atoms with Crippen molar-refractivity contribution in [3.8, 4) is 5.69 Å². The van der Waals surface area contributed by atoms with Crippen LogP contribution >= 0.6 is 0 Å². The van der Waals surface area contributed by atoms with Crippen molar-refractivity contribution < 1.29 is 9.50 Å². The van der Waals surface area contributed by atoms with Gasteiger partial charge >= 0.3 is 0 Å². The zero-order chi connectivity index (χ0) is 9.97. The van der Waals surface area contributed by atoms with Gasteiger partial charge in [-0.1, -0.05) is 6.07 Å². The molecule has 0 aliphatic heterocycles. The molecule has 2 rings (SSSR count). The van der Waals surface area contributed by atoms with Gasteiger partial charge in [0.1, 0.15) is 5.82 Å². The third-order valence-electron chi connectivity index (χ3n) is 1.90. The number of rotatable bonds is 2. The minimum atomic E-state index is -0.290. The fraction of sp³-hybridized carbons (Fsp3) is 0.100. The van der Waals surface area contributed by atoms with E-state index in [0.717, 1.165) is 0 Å².